The maximum Gasteiger partial charge on any atom is 0.246 e. The Morgan fingerprint density at radius 2 is 1.95 bits per heavy atom. The smallest absolute Gasteiger partial charge is 0.246 e. The first-order chi connectivity index (χ1) is 10.6. The molecule has 1 heterocycles. The molecule has 1 aliphatic heterocycles. The van der Waals surface area contributed by atoms with Crippen molar-refractivity contribution in [2.45, 2.75) is 25.4 Å². The molecule has 0 saturated carbocycles. The van der Waals surface area contributed by atoms with Gasteiger partial charge in [0.05, 0.1) is 5.92 Å². The summed E-state index contributed by atoms with van der Waals surface area (Å²) in [6.07, 6.45) is 0. The van der Waals surface area contributed by atoms with Crippen LogP contribution in [0.1, 0.15) is 24.0 Å². The number of hydrogen-bond acceptors (Lipinski definition) is 2. The summed E-state index contributed by atoms with van der Waals surface area (Å²) in [6.45, 7) is 2.47. The van der Waals surface area contributed by atoms with Gasteiger partial charge in [-0.2, -0.15) is 0 Å². The minimum Gasteiger partial charge on any atom is -0.350 e. The highest BCUT2D eigenvalue weighted by Gasteiger charge is 2.38. The molecule has 1 aliphatic rings. The van der Waals surface area contributed by atoms with Crippen LogP contribution in [0.15, 0.2) is 59.6 Å². The Labute approximate surface area is 135 Å². The Hall–Kier alpha value is -2.13. The molecule has 0 radical (unpaired) electrons. The Balaban J connectivity index is 1.68. The van der Waals surface area contributed by atoms with E-state index in [1.807, 2.05) is 61.5 Å². The molecular formula is C18H17ClN2O. The first kappa shape index (κ1) is 14.8. The second-order valence-corrected chi connectivity index (χ2v) is 5.89. The molecule has 0 unspecified atom stereocenters. The second-order valence-electron chi connectivity index (χ2n) is 5.45. The molecule has 22 heavy (non-hydrogen) atoms. The number of carbonyl (C=O) groups excluding carboxylic acids is 1. The van der Waals surface area contributed by atoms with E-state index in [4.69, 9.17) is 11.6 Å². The lowest BCUT2D eigenvalue weighted by atomic mass is 9.82. The molecule has 0 fully saturated rings. The number of benzene rings is 2. The number of nitrogens with one attached hydrogen (secondary N) is 1. The highest BCUT2D eigenvalue weighted by atomic mass is 35.5. The summed E-state index contributed by atoms with van der Waals surface area (Å²) in [5.41, 5.74) is 3.09. The van der Waals surface area contributed by atoms with Crippen LogP contribution in [0.25, 0.3) is 0 Å². The van der Waals surface area contributed by atoms with Gasteiger partial charge >= 0.3 is 0 Å². The average molecular weight is 313 g/mol. The van der Waals surface area contributed by atoms with Crippen LogP contribution >= 0.6 is 11.6 Å². The lowest BCUT2D eigenvalue weighted by Crippen LogP contribution is -2.45. The van der Waals surface area contributed by atoms with Gasteiger partial charge in [-0.1, -0.05) is 54.1 Å². The zero-order valence-corrected chi connectivity index (χ0v) is 13.0. The van der Waals surface area contributed by atoms with E-state index >= 15 is 0 Å². The summed E-state index contributed by atoms with van der Waals surface area (Å²) < 4.78 is 0. The molecule has 112 valence electrons. The van der Waals surface area contributed by atoms with Gasteiger partial charge in [-0.25, -0.2) is 0 Å². The topological polar surface area (TPSA) is 41.5 Å². The molecule has 0 aliphatic carbocycles. The van der Waals surface area contributed by atoms with Gasteiger partial charge in [0, 0.05) is 17.3 Å². The van der Waals surface area contributed by atoms with Crippen molar-refractivity contribution < 1.29 is 4.79 Å². The van der Waals surface area contributed by atoms with E-state index in [1.54, 1.807) is 0 Å². The average Bonchev–Trinajstić information content (AvgIpc) is 2.51. The lowest BCUT2D eigenvalue weighted by Gasteiger charge is -2.32. The molecule has 0 aromatic heterocycles. The van der Waals surface area contributed by atoms with Crippen LogP contribution in [-0.2, 0) is 11.3 Å². The van der Waals surface area contributed by atoms with Crippen molar-refractivity contribution in [3.63, 3.8) is 0 Å². The number of carbonyl (C=O) groups is 1. The summed E-state index contributed by atoms with van der Waals surface area (Å²) in [7, 11) is 0. The van der Waals surface area contributed by atoms with Crippen LogP contribution in [0.2, 0.25) is 5.02 Å². The standard InChI is InChI=1S/C18H17ClN2O/c1-12-16(14-8-5-9-15(19)10-14)17(21-12)18(22)20-11-13-6-3-2-4-7-13/h2-10,16-17H,11H2,1H3,(H,20,22)/t16-,17+/m0/s1. The van der Waals surface area contributed by atoms with E-state index in [1.165, 1.54) is 0 Å². The van der Waals surface area contributed by atoms with E-state index in [0.717, 1.165) is 16.8 Å². The maximum absolute atomic E-state index is 12.4. The summed E-state index contributed by atoms with van der Waals surface area (Å²) in [4.78, 5) is 16.7. The Bertz CT molecular complexity index is 712. The van der Waals surface area contributed by atoms with Crippen LogP contribution in [0.5, 0.6) is 0 Å². The molecule has 2 aromatic carbocycles. The van der Waals surface area contributed by atoms with Crippen LogP contribution in [0, 0.1) is 0 Å². The van der Waals surface area contributed by atoms with Crippen molar-refractivity contribution in [2.24, 2.45) is 4.99 Å². The molecule has 0 bridgehead atoms. The lowest BCUT2D eigenvalue weighted by molar-refractivity contribution is -0.123. The first-order valence-corrected chi connectivity index (χ1v) is 7.64. The molecule has 2 aromatic rings. The van der Waals surface area contributed by atoms with Crippen molar-refractivity contribution in [3.05, 3.63) is 70.7 Å². The summed E-state index contributed by atoms with van der Waals surface area (Å²) >= 11 is 6.05. The van der Waals surface area contributed by atoms with Gasteiger partial charge in [0.1, 0.15) is 6.04 Å². The number of aliphatic imine (C=N–C) groups is 1. The van der Waals surface area contributed by atoms with Gasteiger partial charge in [0.15, 0.2) is 0 Å². The number of amides is 1. The zero-order valence-electron chi connectivity index (χ0n) is 12.3. The van der Waals surface area contributed by atoms with E-state index in [2.05, 4.69) is 10.3 Å². The predicted molar refractivity (Wildman–Crippen MR) is 89.4 cm³/mol. The van der Waals surface area contributed by atoms with Crippen LogP contribution in [0.4, 0.5) is 0 Å². The summed E-state index contributed by atoms with van der Waals surface area (Å²) in [5, 5.41) is 3.64. The highest BCUT2D eigenvalue weighted by Crippen LogP contribution is 2.33. The molecule has 1 N–H and O–H groups in total. The van der Waals surface area contributed by atoms with Crippen molar-refractivity contribution in [1.29, 1.82) is 0 Å². The third-order valence-electron chi connectivity index (χ3n) is 3.89. The monoisotopic (exact) mass is 312 g/mol. The van der Waals surface area contributed by atoms with Crippen molar-refractivity contribution in [3.8, 4) is 0 Å². The fourth-order valence-corrected chi connectivity index (χ4v) is 2.94. The number of halogens is 1. The summed E-state index contributed by atoms with van der Waals surface area (Å²) in [6, 6.07) is 17.1. The summed E-state index contributed by atoms with van der Waals surface area (Å²) in [5.74, 6) is -0.0195. The predicted octanol–water partition coefficient (Wildman–Crippen LogP) is 3.58. The molecule has 3 rings (SSSR count). The van der Waals surface area contributed by atoms with Gasteiger partial charge in [0.2, 0.25) is 5.91 Å². The van der Waals surface area contributed by atoms with E-state index < -0.39 is 0 Å². The van der Waals surface area contributed by atoms with E-state index in [9.17, 15) is 4.79 Å². The van der Waals surface area contributed by atoms with Gasteiger partial charge in [-0.15, -0.1) is 0 Å². The van der Waals surface area contributed by atoms with Gasteiger partial charge in [-0.05, 0) is 30.2 Å². The van der Waals surface area contributed by atoms with Crippen molar-refractivity contribution >= 4 is 23.2 Å². The number of hydrogen-bond donors (Lipinski definition) is 1. The van der Waals surface area contributed by atoms with Crippen molar-refractivity contribution in [1.82, 2.24) is 5.32 Å². The zero-order chi connectivity index (χ0) is 15.5. The normalized spacial score (nSPS) is 20.0. The minimum atomic E-state index is -0.359. The van der Waals surface area contributed by atoms with Crippen LogP contribution < -0.4 is 5.32 Å². The second kappa shape index (κ2) is 6.32. The first-order valence-electron chi connectivity index (χ1n) is 7.26. The largest absolute Gasteiger partial charge is 0.350 e. The van der Waals surface area contributed by atoms with Crippen LogP contribution in [0.3, 0.4) is 0 Å². The highest BCUT2D eigenvalue weighted by molar-refractivity contribution is 6.30. The fourth-order valence-electron chi connectivity index (χ4n) is 2.74. The van der Waals surface area contributed by atoms with Gasteiger partial charge in [-0.3, -0.25) is 9.79 Å². The Morgan fingerprint density at radius 1 is 1.18 bits per heavy atom. The fraction of sp³-hybridized carbons (Fsp3) is 0.222. The maximum atomic E-state index is 12.4. The Kier molecular flexibility index (Phi) is 4.25. The third kappa shape index (κ3) is 3.04. The molecule has 1 amide bonds. The van der Waals surface area contributed by atoms with E-state index in [0.29, 0.717) is 11.6 Å². The SMILES string of the molecule is CC1=N[C@@H](C(=O)NCc2ccccc2)[C@@H]1c1cccc(Cl)c1. The molecule has 0 spiro atoms. The molecule has 4 heteroatoms. The number of rotatable bonds is 4. The van der Waals surface area contributed by atoms with E-state index in [-0.39, 0.29) is 17.9 Å². The molecule has 2 atom stereocenters. The number of nitrogens with zero attached hydrogens (tertiary/aromatic N) is 1. The third-order valence-corrected chi connectivity index (χ3v) is 4.13. The Morgan fingerprint density at radius 3 is 2.64 bits per heavy atom. The van der Waals surface area contributed by atoms with Gasteiger partial charge < -0.3 is 5.32 Å². The van der Waals surface area contributed by atoms with Gasteiger partial charge in [0.25, 0.3) is 0 Å². The molecule has 0 saturated heterocycles. The van der Waals surface area contributed by atoms with Crippen LogP contribution in [-0.4, -0.2) is 17.7 Å². The molecule has 3 nitrogen and oxygen atoms in total. The quantitative estimate of drug-likeness (QED) is 0.921. The van der Waals surface area contributed by atoms with Crippen molar-refractivity contribution in [2.75, 3.05) is 0 Å². The minimum absolute atomic E-state index is 0.0227. The molecular weight excluding hydrogens is 296 g/mol.